The molecule has 248 valence electrons. The van der Waals surface area contributed by atoms with Crippen LogP contribution in [0.15, 0.2) is 198 Å². The van der Waals surface area contributed by atoms with Gasteiger partial charge in [0.25, 0.3) is 0 Å². The van der Waals surface area contributed by atoms with Gasteiger partial charge < -0.3 is 13.9 Å². The van der Waals surface area contributed by atoms with Gasteiger partial charge in [-0.2, -0.15) is 0 Å². The van der Waals surface area contributed by atoms with Crippen LogP contribution in [0.4, 0.5) is 17.1 Å². The first-order valence-electron chi connectivity index (χ1n) is 21.0. The first kappa shape index (κ1) is 23.4. The molecule has 0 amide bonds. The van der Waals surface area contributed by atoms with Gasteiger partial charge in [0, 0.05) is 43.9 Å². The van der Waals surface area contributed by atoms with Gasteiger partial charge in [-0.3, -0.25) is 0 Å². The first-order chi connectivity index (χ1) is 29.2. The molecule has 0 fully saturated rings. The number of nitrogens with zero attached hydrogens (tertiary/aromatic N) is 2. The lowest BCUT2D eigenvalue weighted by molar-refractivity contribution is 0.669. The smallest absolute Gasteiger partial charge is 0.136 e. The first-order valence-corrected chi connectivity index (χ1v) is 17.5. The summed E-state index contributed by atoms with van der Waals surface area (Å²) in [6.07, 6.45) is 0. The van der Waals surface area contributed by atoms with Crippen LogP contribution in [0.3, 0.4) is 0 Å². The zero-order valence-electron chi connectivity index (χ0n) is 35.2. The van der Waals surface area contributed by atoms with Crippen molar-refractivity contribution >= 4 is 82.4 Å². The predicted molar refractivity (Wildman–Crippen MR) is 223 cm³/mol. The molecule has 0 saturated heterocycles. The monoisotopic (exact) mass is 683 g/mol. The molecule has 0 aliphatic heterocycles. The second-order valence-corrected chi connectivity index (χ2v) is 13.2. The SMILES string of the molecule is [2H]c1c([2H])c([2H])c2c(N(c3ccc(-n4c5ccccc5c5ccccc54)cc3)c3ccccc3-c3cccc4oc5cc6ccccc6cc5c34)c([2H])c([2H])c([2H])c2c1[2H]. The second-order valence-electron chi connectivity index (χ2n) is 13.2. The minimum atomic E-state index is -0.502. The van der Waals surface area contributed by atoms with Crippen LogP contribution in [0.2, 0.25) is 0 Å². The number of hydrogen-bond acceptors (Lipinski definition) is 2. The standard InChI is InChI=1S/C50H32N2O/c1-2-15-35-32-49-43(31-34(35)14-1)50-42(21-12-26-48(50)53-49)41-20-7-10-24-47(41)51(44-25-11-16-33-13-3-4-17-38(33)44)36-27-29-37(30-28-36)52-45-22-8-5-18-39(45)40-19-6-9-23-46(40)52/h1-32H/i3D,4D,11D,13D,16D,17D,25D. The van der Waals surface area contributed by atoms with Crippen molar-refractivity contribution in [3.05, 3.63) is 194 Å². The summed E-state index contributed by atoms with van der Waals surface area (Å²) in [4.78, 5) is 1.81. The van der Waals surface area contributed by atoms with E-state index in [-0.39, 0.29) is 28.5 Å². The van der Waals surface area contributed by atoms with Crippen molar-refractivity contribution in [2.75, 3.05) is 4.90 Å². The molecule has 3 nitrogen and oxygen atoms in total. The molecule has 0 atom stereocenters. The molecule has 0 saturated carbocycles. The summed E-state index contributed by atoms with van der Waals surface area (Å²) in [5.41, 5.74) is 7.30. The number of benzene rings is 9. The number of para-hydroxylation sites is 3. The Morgan fingerprint density at radius 3 is 1.92 bits per heavy atom. The van der Waals surface area contributed by atoms with E-state index in [1.54, 1.807) is 0 Å². The molecule has 0 aliphatic carbocycles. The number of hydrogen-bond donors (Lipinski definition) is 0. The lowest BCUT2D eigenvalue weighted by atomic mass is 9.96. The van der Waals surface area contributed by atoms with Crippen LogP contribution in [0, 0.1) is 0 Å². The highest BCUT2D eigenvalue weighted by atomic mass is 16.3. The van der Waals surface area contributed by atoms with Gasteiger partial charge in [0.2, 0.25) is 0 Å². The summed E-state index contributed by atoms with van der Waals surface area (Å²) in [7, 11) is 0. The molecular formula is C50H32N2O. The molecular weight excluding hydrogens is 645 g/mol. The maximum absolute atomic E-state index is 9.52. The van der Waals surface area contributed by atoms with Crippen LogP contribution < -0.4 is 4.90 Å². The third kappa shape index (κ3) is 4.61. The maximum atomic E-state index is 9.52. The van der Waals surface area contributed by atoms with Crippen LogP contribution in [0.25, 0.3) is 82.1 Å². The lowest BCUT2D eigenvalue weighted by Crippen LogP contribution is -2.12. The van der Waals surface area contributed by atoms with Crippen LogP contribution in [-0.2, 0) is 0 Å². The van der Waals surface area contributed by atoms with Gasteiger partial charge in [0.15, 0.2) is 0 Å². The highest BCUT2D eigenvalue weighted by molar-refractivity contribution is 6.17. The van der Waals surface area contributed by atoms with Gasteiger partial charge in [-0.05, 0) is 88.4 Å². The Morgan fingerprint density at radius 2 is 1.11 bits per heavy atom. The normalized spacial score (nSPS) is 13.6. The van der Waals surface area contributed by atoms with Gasteiger partial charge in [-0.15, -0.1) is 0 Å². The molecule has 0 aliphatic rings. The molecule has 0 radical (unpaired) electrons. The lowest BCUT2D eigenvalue weighted by Gasteiger charge is -2.29. The number of anilines is 3. The Balaban J connectivity index is 1.22. The Hall–Kier alpha value is -7.10. The maximum Gasteiger partial charge on any atom is 0.136 e. The van der Waals surface area contributed by atoms with E-state index < -0.39 is 30.2 Å². The van der Waals surface area contributed by atoms with Gasteiger partial charge in [0.05, 0.1) is 32.0 Å². The Kier molecular flexibility index (Phi) is 5.18. The fraction of sp³-hybridized carbons (Fsp3) is 0. The van der Waals surface area contributed by atoms with E-state index in [0.29, 0.717) is 17.0 Å². The van der Waals surface area contributed by atoms with E-state index in [1.165, 1.54) is 0 Å². The largest absolute Gasteiger partial charge is 0.456 e. The van der Waals surface area contributed by atoms with Gasteiger partial charge in [0.1, 0.15) is 11.2 Å². The number of rotatable bonds is 5. The summed E-state index contributed by atoms with van der Waals surface area (Å²) in [6, 6.07) is 47.4. The molecule has 2 aromatic heterocycles. The molecule has 0 unspecified atom stereocenters. The molecule has 3 heteroatoms. The Bertz CT molecular complexity index is 3530. The number of furan rings is 1. The zero-order valence-corrected chi connectivity index (χ0v) is 28.2. The highest BCUT2D eigenvalue weighted by Crippen LogP contribution is 2.47. The molecule has 11 rings (SSSR count). The predicted octanol–water partition coefficient (Wildman–Crippen LogP) is 14.1. The van der Waals surface area contributed by atoms with Gasteiger partial charge >= 0.3 is 0 Å². The number of fused-ring (bicyclic) bond motifs is 8. The van der Waals surface area contributed by atoms with Crippen molar-refractivity contribution in [1.82, 2.24) is 4.57 Å². The van der Waals surface area contributed by atoms with Crippen molar-refractivity contribution < 1.29 is 14.0 Å². The van der Waals surface area contributed by atoms with E-state index in [0.717, 1.165) is 65.7 Å². The van der Waals surface area contributed by atoms with Crippen molar-refractivity contribution in [3.8, 4) is 16.8 Å². The average molecular weight is 684 g/mol. The third-order valence-electron chi connectivity index (χ3n) is 10.3. The van der Waals surface area contributed by atoms with Crippen LogP contribution in [0.1, 0.15) is 9.60 Å². The summed E-state index contributed by atoms with van der Waals surface area (Å²) < 4.78 is 71.6. The summed E-state index contributed by atoms with van der Waals surface area (Å²) in [5, 5.41) is 6.09. The van der Waals surface area contributed by atoms with Gasteiger partial charge in [-0.25, -0.2) is 0 Å². The van der Waals surface area contributed by atoms with Crippen molar-refractivity contribution in [3.63, 3.8) is 0 Å². The van der Waals surface area contributed by atoms with Crippen molar-refractivity contribution in [1.29, 1.82) is 0 Å². The molecule has 11 aromatic rings. The molecule has 0 spiro atoms. The van der Waals surface area contributed by atoms with Crippen LogP contribution >= 0.6 is 0 Å². The van der Waals surface area contributed by atoms with Crippen LogP contribution in [0.5, 0.6) is 0 Å². The summed E-state index contributed by atoms with van der Waals surface area (Å²) >= 11 is 0. The summed E-state index contributed by atoms with van der Waals surface area (Å²) in [5.74, 6) is 0. The molecule has 0 N–H and O–H groups in total. The van der Waals surface area contributed by atoms with Gasteiger partial charge in [-0.1, -0.05) is 127 Å². The van der Waals surface area contributed by atoms with E-state index in [9.17, 15) is 2.74 Å². The average Bonchev–Trinajstić information content (AvgIpc) is 3.82. The third-order valence-corrected chi connectivity index (χ3v) is 10.3. The fourth-order valence-electron chi connectivity index (χ4n) is 7.94. The van der Waals surface area contributed by atoms with E-state index in [2.05, 4.69) is 53.1 Å². The minimum absolute atomic E-state index is 0.00767. The number of aromatic nitrogens is 1. The van der Waals surface area contributed by atoms with Crippen LogP contribution in [-0.4, -0.2) is 4.57 Å². The Labute approximate surface area is 316 Å². The minimum Gasteiger partial charge on any atom is -0.456 e. The van der Waals surface area contributed by atoms with E-state index in [4.69, 9.17) is 11.3 Å². The van der Waals surface area contributed by atoms with Crippen molar-refractivity contribution in [2.24, 2.45) is 0 Å². The summed E-state index contributed by atoms with van der Waals surface area (Å²) in [6.45, 7) is 0. The van der Waals surface area contributed by atoms with E-state index in [1.807, 2.05) is 108 Å². The van der Waals surface area contributed by atoms with Crippen molar-refractivity contribution in [2.45, 2.75) is 0 Å². The molecule has 9 aromatic carbocycles. The molecule has 53 heavy (non-hydrogen) atoms. The topological polar surface area (TPSA) is 21.3 Å². The quantitative estimate of drug-likeness (QED) is 0.180. The molecule has 0 bridgehead atoms. The Morgan fingerprint density at radius 1 is 0.453 bits per heavy atom. The van der Waals surface area contributed by atoms with E-state index >= 15 is 0 Å². The fourth-order valence-corrected chi connectivity index (χ4v) is 7.94. The zero-order chi connectivity index (χ0) is 41.0. The highest BCUT2D eigenvalue weighted by Gasteiger charge is 2.22. The second kappa shape index (κ2) is 11.7. The molecule has 2 heterocycles.